The molecule has 1 amide bonds. The van der Waals surface area contributed by atoms with Gasteiger partial charge in [0.15, 0.2) is 5.65 Å². The van der Waals surface area contributed by atoms with Gasteiger partial charge in [0.2, 0.25) is 0 Å². The van der Waals surface area contributed by atoms with Gasteiger partial charge in [-0.05, 0) is 45.2 Å². The predicted octanol–water partition coefficient (Wildman–Crippen LogP) is 5.14. The lowest BCUT2D eigenvalue weighted by atomic mass is 10.0. The number of rotatable bonds is 5. The Morgan fingerprint density at radius 3 is 2.50 bits per heavy atom. The Bertz CT molecular complexity index is 1100. The summed E-state index contributed by atoms with van der Waals surface area (Å²) in [4.78, 5) is 24.6. The van der Waals surface area contributed by atoms with E-state index in [2.05, 4.69) is 22.2 Å². The first-order valence-electron chi connectivity index (χ1n) is 10.6. The number of pyridine rings is 2. The quantitative estimate of drug-likeness (QED) is 0.573. The lowest BCUT2D eigenvalue weighted by molar-refractivity contribution is 0.0636. The summed E-state index contributed by atoms with van der Waals surface area (Å²) in [6.07, 6.45) is 4.83. The number of anilines is 2. The summed E-state index contributed by atoms with van der Waals surface area (Å²) in [5.74, 6) is 1.30. The summed E-state index contributed by atoms with van der Waals surface area (Å²) in [5.41, 5.74) is 3.45. The molecule has 0 saturated carbocycles. The molecule has 1 N–H and O–H groups in total. The molecule has 8 heteroatoms. The van der Waals surface area contributed by atoms with Gasteiger partial charge in [0.1, 0.15) is 11.5 Å². The van der Waals surface area contributed by atoms with E-state index in [1.165, 1.54) is 0 Å². The molecule has 170 valence electrons. The van der Waals surface area contributed by atoms with Crippen LogP contribution in [0.3, 0.4) is 0 Å². The molecule has 3 aromatic rings. The van der Waals surface area contributed by atoms with Crippen LogP contribution in [-0.2, 0) is 0 Å². The van der Waals surface area contributed by atoms with Crippen LogP contribution in [0.15, 0.2) is 36.5 Å². The first-order valence-corrected chi connectivity index (χ1v) is 10.6. The van der Waals surface area contributed by atoms with E-state index in [1.54, 1.807) is 20.4 Å². The Labute approximate surface area is 194 Å². The number of ether oxygens (including phenoxy) is 2. The number of carbonyl (C=O) groups is 1. The molecule has 0 spiro atoms. The Morgan fingerprint density at radius 1 is 1.12 bits per heavy atom. The Kier molecular flexibility index (Phi) is 7.40. The van der Waals surface area contributed by atoms with Crippen molar-refractivity contribution in [3.05, 3.63) is 47.8 Å². The van der Waals surface area contributed by atoms with E-state index < -0.39 is 0 Å². The summed E-state index contributed by atoms with van der Waals surface area (Å²) in [6, 6.07) is 9.64. The molecule has 1 atom stereocenters. The third-order valence-corrected chi connectivity index (χ3v) is 5.78. The van der Waals surface area contributed by atoms with E-state index in [4.69, 9.17) is 9.47 Å². The molecule has 0 radical (unpaired) electrons. The number of nitrogens with zero attached hydrogens (tertiary/aromatic N) is 3. The van der Waals surface area contributed by atoms with Gasteiger partial charge in [0.05, 0.1) is 25.5 Å². The van der Waals surface area contributed by atoms with Crippen LogP contribution in [-0.4, -0.2) is 47.6 Å². The molecule has 7 nitrogen and oxygen atoms in total. The van der Waals surface area contributed by atoms with Crippen LogP contribution in [0.5, 0.6) is 11.5 Å². The summed E-state index contributed by atoms with van der Waals surface area (Å²) in [6.45, 7) is 4.79. The molecular weight excluding hydrogens is 428 g/mol. The number of amides is 1. The molecule has 1 aliphatic heterocycles. The number of fused-ring (bicyclic) bond motifs is 1. The number of hydrogen-bond acceptors (Lipinski definition) is 6. The number of halogens is 1. The molecule has 1 aromatic carbocycles. The predicted molar refractivity (Wildman–Crippen MR) is 129 cm³/mol. The molecular formula is C24H29ClN4O3. The first-order chi connectivity index (χ1) is 15.0. The average Bonchev–Trinajstić information content (AvgIpc) is 2.78. The third-order valence-electron chi connectivity index (χ3n) is 5.78. The van der Waals surface area contributed by atoms with Gasteiger partial charge < -0.3 is 19.7 Å². The van der Waals surface area contributed by atoms with Gasteiger partial charge in [-0.15, -0.1) is 12.4 Å². The highest BCUT2D eigenvalue weighted by molar-refractivity contribution is 6.07. The first kappa shape index (κ1) is 23.6. The monoisotopic (exact) mass is 456 g/mol. The highest BCUT2D eigenvalue weighted by Crippen LogP contribution is 2.34. The topological polar surface area (TPSA) is 76.6 Å². The molecule has 0 bridgehead atoms. The van der Waals surface area contributed by atoms with Gasteiger partial charge in [-0.2, -0.15) is 0 Å². The van der Waals surface area contributed by atoms with Gasteiger partial charge in [0, 0.05) is 53.8 Å². The zero-order valence-corrected chi connectivity index (χ0v) is 19.7. The zero-order valence-electron chi connectivity index (χ0n) is 18.8. The maximum absolute atomic E-state index is 13.6. The van der Waals surface area contributed by atoms with Crippen LogP contribution >= 0.6 is 12.4 Å². The van der Waals surface area contributed by atoms with Crippen molar-refractivity contribution < 1.29 is 14.3 Å². The number of carbonyl (C=O) groups excluding carboxylic acids is 1. The van der Waals surface area contributed by atoms with Crippen LogP contribution in [0.2, 0.25) is 0 Å². The SMILES string of the molecule is COc1cc(Nc2c(C(=O)N3CCCCC3C)cnc3nc(C)ccc23)cc(OC)c1.Cl. The third kappa shape index (κ3) is 4.72. The van der Waals surface area contributed by atoms with Crippen LogP contribution in [0, 0.1) is 6.92 Å². The van der Waals surface area contributed by atoms with E-state index in [0.29, 0.717) is 28.4 Å². The Balaban J connectivity index is 0.00000289. The van der Waals surface area contributed by atoms with Crippen molar-refractivity contribution in [1.82, 2.24) is 14.9 Å². The molecule has 1 unspecified atom stereocenters. The van der Waals surface area contributed by atoms with Crippen molar-refractivity contribution in [3.8, 4) is 11.5 Å². The van der Waals surface area contributed by atoms with Crippen molar-refractivity contribution in [1.29, 1.82) is 0 Å². The number of methoxy groups -OCH3 is 2. The largest absolute Gasteiger partial charge is 0.497 e. The van der Waals surface area contributed by atoms with Crippen molar-refractivity contribution in [2.24, 2.45) is 0 Å². The van der Waals surface area contributed by atoms with Gasteiger partial charge in [-0.25, -0.2) is 9.97 Å². The smallest absolute Gasteiger partial charge is 0.257 e. The van der Waals surface area contributed by atoms with Gasteiger partial charge in [-0.3, -0.25) is 4.79 Å². The van der Waals surface area contributed by atoms with E-state index in [-0.39, 0.29) is 24.4 Å². The molecule has 3 heterocycles. The normalized spacial score (nSPS) is 15.8. The van der Waals surface area contributed by atoms with Crippen molar-refractivity contribution in [2.75, 3.05) is 26.1 Å². The standard InChI is InChI=1S/C24H28N4O3.ClH/c1-15-8-9-20-22(27-17-11-18(30-3)13-19(12-17)31-4)21(14-25-23(20)26-15)24(29)28-10-6-5-7-16(28)2;/h8-9,11-14,16H,5-7,10H2,1-4H3,(H,25,26,27);1H. The second-order valence-electron chi connectivity index (χ2n) is 7.94. The van der Waals surface area contributed by atoms with Crippen LogP contribution < -0.4 is 14.8 Å². The highest BCUT2D eigenvalue weighted by atomic mass is 35.5. The Morgan fingerprint density at radius 2 is 1.84 bits per heavy atom. The van der Waals surface area contributed by atoms with Gasteiger partial charge in [-0.1, -0.05) is 0 Å². The number of likely N-dealkylation sites (tertiary alicyclic amines) is 1. The molecule has 32 heavy (non-hydrogen) atoms. The minimum atomic E-state index is -0.0143. The minimum absolute atomic E-state index is 0. The lowest BCUT2D eigenvalue weighted by Gasteiger charge is -2.34. The molecule has 1 saturated heterocycles. The number of piperidine rings is 1. The van der Waals surface area contributed by atoms with Gasteiger partial charge in [0.25, 0.3) is 5.91 Å². The van der Waals surface area contributed by atoms with Crippen LogP contribution in [0.25, 0.3) is 11.0 Å². The summed E-state index contributed by atoms with van der Waals surface area (Å²) in [5, 5.41) is 4.23. The zero-order chi connectivity index (χ0) is 22.0. The molecule has 0 aliphatic carbocycles. The second-order valence-corrected chi connectivity index (χ2v) is 7.94. The maximum atomic E-state index is 13.6. The fraction of sp³-hybridized carbons (Fsp3) is 0.375. The van der Waals surface area contributed by atoms with Crippen LogP contribution in [0.1, 0.15) is 42.2 Å². The highest BCUT2D eigenvalue weighted by Gasteiger charge is 2.27. The molecule has 1 fully saturated rings. The number of hydrogen-bond donors (Lipinski definition) is 1. The van der Waals surface area contributed by atoms with Gasteiger partial charge >= 0.3 is 0 Å². The molecule has 1 aliphatic rings. The van der Waals surface area contributed by atoms with E-state index in [1.807, 2.05) is 42.2 Å². The summed E-state index contributed by atoms with van der Waals surface area (Å²) >= 11 is 0. The second kappa shape index (κ2) is 10.0. The lowest BCUT2D eigenvalue weighted by Crippen LogP contribution is -2.42. The van der Waals surface area contributed by atoms with Crippen molar-refractivity contribution in [3.63, 3.8) is 0 Å². The fourth-order valence-corrected chi connectivity index (χ4v) is 4.05. The molecule has 2 aromatic heterocycles. The van der Waals surface area contributed by atoms with Crippen molar-refractivity contribution in [2.45, 2.75) is 39.2 Å². The number of nitrogens with one attached hydrogen (secondary N) is 1. The summed E-state index contributed by atoms with van der Waals surface area (Å²) in [7, 11) is 3.22. The number of benzene rings is 1. The number of aromatic nitrogens is 2. The fourth-order valence-electron chi connectivity index (χ4n) is 4.05. The van der Waals surface area contributed by atoms with E-state index in [9.17, 15) is 4.79 Å². The Hall–Kier alpha value is -3.06. The maximum Gasteiger partial charge on any atom is 0.257 e. The molecule has 4 rings (SSSR count). The summed E-state index contributed by atoms with van der Waals surface area (Å²) < 4.78 is 10.8. The van der Waals surface area contributed by atoms with E-state index >= 15 is 0 Å². The van der Waals surface area contributed by atoms with Crippen molar-refractivity contribution >= 4 is 40.7 Å². The average molecular weight is 457 g/mol. The number of aryl methyl sites for hydroxylation is 1. The van der Waals surface area contributed by atoms with E-state index in [0.717, 1.165) is 42.6 Å². The van der Waals surface area contributed by atoms with Crippen LogP contribution in [0.4, 0.5) is 11.4 Å². The minimum Gasteiger partial charge on any atom is -0.497 e.